The molecule has 0 aromatic rings. The summed E-state index contributed by atoms with van der Waals surface area (Å²) < 4.78 is 10.0. The number of esters is 2. The molecule has 0 aliphatic heterocycles. The summed E-state index contributed by atoms with van der Waals surface area (Å²) in [7, 11) is 0. The molecular formula is C21H36N2O5. The second-order valence-electron chi connectivity index (χ2n) is 6.84. The van der Waals surface area contributed by atoms with Gasteiger partial charge in [-0.3, -0.25) is 0 Å². The summed E-state index contributed by atoms with van der Waals surface area (Å²) >= 11 is 0. The largest absolute Gasteiger partial charge is 0.462 e. The monoisotopic (exact) mass is 396 g/mol. The van der Waals surface area contributed by atoms with Crippen molar-refractivity contribution in [3.63, 3.8) is 0 Å². The Morgan fingerprint density at radius 3 is 1.36 bits per heavy atom. The zero-order valence-corrected chi connectivity index (χ0v) is 17.4. The Hall–Kier alpha value is -2.31. The van der Waals surface area contributed by atoms with Gasteiger partial charge in [0.1, 0.15) is 0 Å². The van der Waals surface area contributed by atoms with Crippen molar-refractivity contribution in [2.45, 2.75) is 65.2 Å². The zero-order chi connectivity index (χ0) is 21.2. The van der Waals surface area contributed by atoms with Crippen molar-refractivity contribution in [3.8, 4) is 0 Å². The maximum Gasteiger partial charge on any atom is 0.333 e. The first-order valence-electron chi connectivity index (χ1n) is 10.0. The molecule has 28 heavy (non-hydrogen) atoms. The maximum absolute atomic E-state index is 11.6. The first-order chi connectivity index (χ1) is 13.3. The van der Waals surface area contributed by atoms with E-state index in [0.29, 0.717) is 37.4 Å². The van der Waals surface area contributed by atoms with Crippen molar-refractivity contribution < 1.29 is 23.9 Å². The van der Waals surface area contributed by atoms with E-state index in [-0.39, 0.29) is 18.0 Å². The van der Waals surface area contributed by atoms with Gasteiger partial charge < -0.3 is 20.1 Å². The van der Waals surface area contributed by atoms with Crippen LogP contribution in [0, 0.1) is 0 Å². The molecule has 0 fully saturated rings. The number of carbonyl (C=O) groups is 3. The minimum Gasteiger partial charge on any atom is -0.462 e. The van der Waals surface area contributed by atoms with Gasteiger partial charge in [-0.1, -0.05) is 26.0 Å². The van der Waals surface area contributed by atoms with Crippen LogP contribution in [-0.4, -0.2) is 44.3 Å². The van der Waals surface area contributed by atoms with Crippen molar-refractivity contribution in [2.75, 3.05) is 26.3 Å². The van der Waals surface area contributed by atoms with Crippen molar-refractivity contribution in [3.05, 3.63) is 24.3 Å². The number of rotatable bonds is 16. The Morgan fingerprint density at radius 1 is 0.643 bits per heavy atom. The first kappa shape index (κ1) is 25.7. The smallest absolute Gasteiger partial charge is 0.333 e. The van der Waals surface area contributed by atoms with E-state index in [9.17, 15) is 14.4 Å². The van der Waals surface area contributed by atoms with Gasteiger partial charge in [0.25, 0.3) is 0 Å². The molecule has 0 saturated heterocycles. The zero-order valence-electron chi connectivity index (χ0n) is 17.4. The minimum atomic E-state index is -0.343. The normalized spacial score (nSPS) is 10.1. The van der Waals surface area contributed by atoms with Crippen LogP contribution in [-0.2, 0) is 19.1 Å². The number of urea groups is 1. The molecule has 0 rings (SSSR count). The van der Waals surface area contributed by atoms with Crippen molar-refractivity contribution in [2.24, 2.45) is 0 Å². The van der Waals surface area contributed by atoms with Crippen LogP contribution in [0.25, 0.3) is 0 Å². The van der Waals surface area contributed by atoms with E-state index in [1.807, 2.05) is 0 Å². The summed E-state index contributed by atoms with van der Waals surface area (Å²) in [5.41, 5.74) is 0.832. The molecule has 0 saturated carbocycles. The van der Waals surface area contributed by atoms with Crippen LogP contribution in [0.3, 0.4) is 0 Å². The number of nitrogens with one attached hydrogen (secondary N) is 2. The van der Waals surface area contributed by atoms with Crippen LogP contribution in [0.2, 0.25) is 0 Å². The van der Waals surface area contributed by atoms with Gasteiger partial charge in [0, 0.05) is 24.2 Å². The quantitative estimate of drug-likeness (QED) is 0.236. The van der Waals surface area contributed by atoms with E-state index in [2.05, 4.69) is 23.8 Å². The highest BCUT2D eigenvalue weighted by Gasteiger charge is 2.03. The Bertz CT molecular complexity index is 473. The van der Waals surface area contributed by atoms with E-state index < -0.39 is 0 Å². The SMILES string of the molecule is C=C(C)C(=O)OCCCCCCNC(=O)NCCCCCCOC(=O)C(=C)C. The highest BCUT2D eigenvalue weighted by molar-refractivity contribution is 5.87. The number of hydrogen-bond donors (Lipinski definition) is 2. The number of carbonyl (C=O) groups excluding carboxylic acids is 3. The van der Waals surface area contributed by atoms with Crippen molar-refractivity contribution in [1.29, 1.82) is 0 Å². The lowest BCUT2D eigenvalue weighted by Crippen LogP contribution is -2.36. The fraction of sp³-hybridized carbons (Fsp3) is 0.667. The van der Waals surface area contributed by atoms with Gasteiger partial charge >= 0.3 is 18.0 Å². The topological polar surface area (TPSA) is 93.7 Å². The van der Waals surface area contributed by atoms with Crippen LogP contribution >= 0.6 is 0 Å². The average Bonchev–Trinajstić information content (AvgIpc) is 2.65. The minimum absolute atomic E-state index is 0.147. The Balaban J connectivity index is 3.34. The second kappa shape index (κ2) is 16.8. The molecule has 0 aliphatic rings. The molecule has 2 N–H and O–H groups in total. The predicted octanol–water partition coefficient (Wildman–Crippen LogP) is 3.65. The second-order valence-corrected chi connectivity index (χ2v) is 6.84. The molecular weight excluding hydrogens is 360 g/mol. The number of unbranched alkanes of at least 4 members (excludes halogenated alkanes) is 6. The molecule has 0 aromatic carbocycles. The molecule has 0 heterocycles. The summed E-state index contributed by atoms with van der Waals surface area (Å²) in [6.07, 6.45) is 7.27. The Kier molecular flexibility index (Phi) is 15.4. The van der Waals surface area contributed by atoms with E-state index in [1.54, 1.807) is 13.8 Å². The molecule has 0 unspecified atom stereocenters. The van der Waals surface area contributed by atoms with E-state index in [1.165, 1.54) is 0 Å². The third kappa shape index (κ3) is 15.9. The lowest BCUT2D eigenvalue weighted by atomic mass is 10.2. The van der Waals surface area contributed by atoms with Crippen molar-refractivity contribution in [1.82, 2.24) is 10.6 Å². The lowest BCUT2D eigenvalue weighted by molar-refractivity contribution is -0.139. The highest BCUT2D eigenvalue weighted by Crippen LogP contribution is 2.02. The van der Waals surface area contributed by atoms with Crippen LogP contribution in [0.15, 0.2) is 24.3 Å². The molecule has 0 aromatic heterocycles. The van der Waals surface area contributed by atoms with Gasteiger partial charge in [0.15, 0.2) is 0 Å². The summed E-state index contributed by atoms with van der Waals surface area (Å²) in [6, 6.07) is -0.147. The lowest BCUT2D eigenvalue weighted by Gasteiger charge is -2.08. The molecule has 7 heteroatoms. The van der Waals surface area contributed by atoms with Crippen LogP contribution < -0.4 is 10.6 Å². The van der Waals surface area contributed by atoms with Gasteiger partial charge in [-0.15, -0.1) is 0 Å². The number of ether oxygens (including phenoxy) is 2. The van der Waals surface area contributed by atoms with Crippen molar-refractivity contribution >= 4 is 18.0 Å². The van der Waals surface area contributed by atoms with Crippen LogP contribution in [0.1, 0.15) is 65.2 Å². The standard InChI is InChI=1S/C21H36N2O5/c1-17(2)19(24)27-15-11-7-5-9-13-22-21(26)23-14-10-6-8-12-16-28-20(25)18(3)4/h1,3,5-16H2,2,4H3,(H2,22,23,26). The molecule has 0 aliphatic carbocycles. The average molecular weight is 397 g/mol. The summed E-state index contributed by atoms with van der Waals surface area (Å²) in [5.74, 6) is -0.686. The third-order valence-electron chi connectivity index (χ3n) is 3.88. The van der Waals surface area contributed by atoms with E-state index in [4.69, 9.17) is 9.47 Å². The molecule has 0 bridgehead atoms. The summed E-state index contributed by atoms with van der Waals surface area (Å²) in [4.78, 5) is 34.0. The maximum atomic E-state index is 11.6. The van der Waals surface area contributed by atoms with Gasteiger partial charge in [-0.05, 0) is 52.4 Å². The van der Waals surface area contributed by atoms with Gasteiger partial charge in [0.05, 0.1) is 13.2 Å². The van der Waals surface area contributed by atoms with E-state index in [0.717, 1.165) is 51.4 Å². The fourth-order valence-corrected chi connectivity index (χ4v) is 2.20. The predicted molar refractivity (Wildman–Crippen MR) is 110 cm³/mol. The van der Waals surface area contributed by atoms with Crippen LogP contribution in [0.5, 0.6) is 0 Å². The Labute approximate surface area is 168 Å². The molecule has 160 valence electrons. The first-order valence-corrected chi connectivity index (χ1v) is 10.0. The summed E-state index contributed by atoms with van der Waals surface area (Å²) in [5, 5.41) is 5.66. The van der Waals surface area contributed by atoms with Gasteiger partial charge in [-0.2, -0.15) is 0 Å². The number of amides is 2. The summed E-state index contributed by atoms with van der Waals surface area (Å²) in [6.45, 7) is 12.4. The molecule has 2 amide bonds. The molecule has 0 atom stereocenters. The van der Waals surface area contributed by atoms with Crippen LogP contribution in [0.4, 0.5) is 4.79 Å². The third-order valence-corrected chi connectivity index (χ3v) is 3.88. The fourth-order valence-electron chi connectivity index (χ4n) is 2.20. The highest BCUT2D eigenvalue weighted by atomic mass is 16.5. The molecule has 0 radical (unpaired) electrons. The van der Waals surface area contributed by atoms with Gasteiger partial charge in [-0.25, -0.2) is 14.4 Å². The number of hydrogen-bond acceptors (Lipinski definition) is 5. The Morgan fingerprint density at radius 2 is 1.00 bits per heavy atom. The molecule has 7 nitrogen and oxygen atoms in total. The molecule has 0 spiro atoms. The van der Waals surface area contributed by atoms with Gasteiger partial charge in [0.2, 0.25) is 0 Å². The van der Waals surface area contributed by atoms with E-state index >= 15 is 0 Å².